The van der Waals surface area contributed by atoms with Crippen LogP contribution in [0.25, 0.3) is 0 Å². The van der Waals surface area contributed by atoms with Crippen LogP contribution in [0.15, 0.2) is 72.9 Å². The van der Waals surface area contributed by atoms with Gasteiger partial charge in [-0.15, -0.1) is 0 Å². The molecule has 0 fully saturated rings. The molecule has 2 aromatic carbocycles. The number of pyridine rings is 1. The molecule has 0 spiro atoms. The van der Waals surface area contributed by atoms with Crippen molar-refractivity contribution in [1.82, 2.24) is 9.88 Å². The Morgan fingerprint density at radius 2 is 1.70 bits per heavy atom. The van der Waals surface area contributed by atoms with Crippen LogP contribution >= 0.6 is 0 Å². The number of aryl methyl sites for hydroxylation is 1. The summed E-state index contributed by atoms with van der Waals surface area (Å²) in [6, 6.07) is 21.9. The Morgan fingerprint density at radius 1 is 1.00 bits per heavy atom. The van der Waals surface area contributed by atoms with E-state index in [4.69, 9.17) is 0 Å². The molecule has 4 heteroatoms. The van der Waals surface area contributed by atoms with Crippen LogP contribution in [0.2, 0.25) is 0 Å². The van der Waals surface area contributed by atoms with E-state index < -0.39 is 0 Å². The van der Waals surface area contributed by atoms with Crippen LogP contribution < -0.4 is 5.32 Å². The number of nitrogens with one attached hydrogen (secondary N) is 1. The van der Waals surface area contributed by atoms with Crippen molar-refractivity contribution in [1.29, 1.82) is 0 Å². The van der Waals surface area contributed by atoms with E-state index in [1.807, 2.05) is 73.3 Å². The third-order valence-corrected chi connectivity index (χ3v) is 4.40. The SMILES string of the molecule is Cc1ccc(Nc2ccnc(C(=O)N(Cc3ccccc3)C(C)C)c2)cc1. The van der Waals surface area contributed by atoms with Gasteiger partial charge in [0.25, 0.3) is 5.91 Å². The lowest BCUT2D eigenvalue weighted by atomic mass is 10.1. The second kappa shape index (κ2) is 8.49. The summed E-state index contributed by atoms with van der Waals surface area (Å²) in [7, 11) is 0. The topological polar surface area (TPSA) is 45.2 Å². The summed E-state index contributed by atoms with van der Waals surface area (Å²) in [5, 5.41) is 3.33. The largest absolute Gasteiger partial charge is 0.355 e. The summed E-state index contributed by atoms with van der Waals surface area (Å²) in [6.07, 6.45) is 1.67. The molecule has 0 saturated heterocycles. The monoisotopic (exact) mass is 359 g/mol. The Balaban J connectivity index is 1.79. The van der Waals surface area contributed by atoms with E-state index in [9.17, 15) is 4.79 Å². The first-order valence-corrected chi connectivity index (χ1v) is 9.17. The minimum Gasteiger partial charge on any atom is -0.355 e. The van der Waals surface area contributed by atoms with E-state index in [-0.39, 0.29) is 11.9 Å². The molecule has 3 aromatic rings. The van der Waals surface area contributed by atoms with Gasteiger partial charge in [-0.25, -0.2) is 0 Å². The van der Waals surface area contributed by atoms with Crippen molar-refractivity contribution < 1.29 is 4.79 Å². The van der Waals surface area contributed by atoms with Gasteiger partial charge in [0.1, 0.15) is 5.69 Å². The summed E-state index contributed by atoms with van der Waals surface area (Å²) in [5.41, 5.74) is 4.58. The molecule has 0 saturated carbocycles. The molecule has 0 aliphatic rings. The Hall–Kier alpha value is -3.14. The number of amides is 1. The van der Waals surface area contributed by atoms with Crippen molar-refractivity contribution in [3.05, 3.63) is 89.7 Å². The normalized spacial score (nSPS) is 10.7. The fourth-order valence-corrected chi connectivity index (χ4v) is 2.84. The molecule has 0 aliphatic heterocycles. The van der Waals surface area contributed by atoms with Crippen LogP contribution in [0.5, 0.6) is 0 Å². The quantitative estimate of drug-likeness (QED) is 0.659. The summed E-state index contributed by atoms with van der Waals surface area (Å²) < 4.78 is 0. The number of carbonyl (C=O) groups excluding carboxylic acids is 1. The number of aromatic nitrogens is 1. The molecule has 3 rings (SSSR count). The number of rotatable bonds is 6. The molecule has 1 heterocycles. The first kappa shape index (κ1) is 18.6. The standard InChI is InChI=1S/C23H25N3O/c1-17(2)26(16-19-7-5-4-6-8-19)23(27)22-15-21(13-14-24-22)25-20-11-9-18(3)10-12-20/h4-15,17H,16H2,1-3H3,(H,24,25). The molecule has 1 amide bonds. The van der Waals surface area contributed by atoms with Crippen molar-refractivity contribution in [3.8, 4) is 0 Å². The predicted molar refractivity (Wildman–Crippen MR) is 110 cm³/mol. The minimum atomic E-state index is -0.0681. The fraction of sp³-hybridized carbons (Fsp3) is 0.217. The van der Waals surface area contributed by atoms with Crippen LogP contribution in [0.3, 0.4) is 0 Å². The van der Waals surface area contributed by atoms with Gasteiger partial charge in [-0.3, -0.25) is 9.78 Å². The van der Waals surface area contributed by atoms with E-state index in [1.54, 1.807) is 6.20 Å². The first-order chi connectivity index (χ1) is 13.0. The van der Waals surface area contributed by atoms with Crippen molar-refractivity contribution in [2.45, 2.75) is 33.4 Å². The summed E-state index contributed by atoms with van der Waals surface area (Å²) in [4.78, 5) is 19.2. The molecule has 138 valence electrons. The van der Waals surface area contributed by atoms with Crippen molar-refractivity contribution in [2.75, 3.05) is 5.32 Å². The number of benzene rings is 2. The molecule has 4 nitrogen and oxygen atoms in total. The highest BCUT2D eigenvalue weighted by atomic mass is 16.2. The van der Waals surface area contributed by atoms with Gasteiger partial charge < -0.3 is 10.2 Å². The lowest BCUT2D eigenvalue weighted by Gasteiger charge is -2.26. The van der Waals surface area contributed by atoms with Gasteiger partial charge in [-0.1, -0.05) is 48.0 Å². The van der Waals surface area contributed by atoms with Crippen LogP contribution in [-0.4, -0.2) is 21.8 Å². The molecule has 0 unspecified atom stereocenters. The maximum absolute atomic E-state index is 13.1. The van der Waals surface area contributed by atoms with Crippen LogP contribution in [0.4, 0.5) is 11.4 Å². The molecule has 27 heavy (non-hydrogen) atoms. The van der Waals surface area contributed by atoms with Crippen LogP contribution in [-0.2, 0) is 6.54 Å². The highest BCUT2D eigenvalue weighted by Crippen LogP contribution is 2.19. The van der Waals surface area contributed by atoms with Gasteiger partial charge in [-0.2, -0.15) is 0 Å². The number of carbonyl (C=O) groups is 1. The van der Waals surface area contributed by atoms with Crippen LogP contribution in [0.1, 0.15) is 35.5 Å². The number of hydrogen-bond donors (Lipinski definition) is 1. The predicted octanol–water partition coefficient (Wildman–Crippen LogP) is 5.18. The number of hydrogen-bond acceptors (Lipinski definition) is 3. The Kier molecular flexibility index (Phi) is 5.87. The Morgan fingerprint density at radius 3 is 2.37 bits per heavy atom. The highest BCUT2D eigenvalue weighted by Gasteiger charge is 2.20. The average molecular weight is 359 g/mol. The molecule has 0 atom stereocenters. The fourth-order valence-electron chi connectivity index (χ4n) is 2.84. The smallest absolute Gasteiger partial charge is 0.273 e. The van der Waals surface area contributed by atoms with Gasteiger partial charge in [0.05, 0.1) is 0 Å². The molecule has 1 N–H and O–H groups in total. The summed E-state index contributed by atoms with van der Waals surface area (Å²) in [5.74, 6) is -0.0681. The minimum absolute atomic E-state index is 0.0681. The van der Waals surface area contributed by atoms with Gasteiger partial charge in [0.2, 0.25) is 0 Å². The van der Waals surface area contributed by atoms with Gasteiger partial charge >= 0.3 is 0 Å². The lowest BCUT2D eigenvalue weighted by Crippen LogP contribution is -2.36. The lowest BCUT2D eigenvalue weighted by molar-refractivity contribution is 0.0684. The molecule has 0 radical (unpaired) electrons. The van der Waals surface area contributed by atoms with E-state index in [1.165, 1.54) is 5.56 Å². The maximum Gasteiger partial charge on any atom is 0.273 e. The van der Waals surface area contributed by atoms with Crippen LogP contribution in [0, 0.1) is 6.92 Å². The zero-order chi connectivity index (χ0) is 19.2. The van der Waals surface area contributed by atoms with E-state index in [2.05, 4.69) is 29.4 Å². The third kappa shape index (κ3) is 4.94. The van der Waals surface area contributed by atoms with E-state index in [0.717, 1.165) is 16.9 Å². The van der Waals surface area contributed by atoms with Crippen molar-refractivity contribution >= 4 is 17.3 Å². The van der Waals surface area contributed by atoms with Crippen molar-refractivity contribution in [2.24, 2.45) is 0 Å². The Labute approximate surface area is 160 Å². The van der Waals surface area contributed by atoms with Gasteiger partial charge in [0, 0.05) is 30.2 Å². The highest BCUT2D eigenvalue weighted by molar-refractivity contribution is 5.93. The first-order valence-electron chi connectivity index (χ1n) is 9.17. The van der Waals surface area contributed by atoms with E-state index >= 15 is 0 Å². The summed E-state index contributed by atoms with van der Waals surface area (Å²) >= 11 is 0. The zero-order valence-corrected chi connectivity index (χ0v) is 16.0. The average Bonchev–Trinajstić information content (AvgIpc) is 2.68. The molecular formula is C23H25N3O. The molecule has 0 aliphatic carbocycles. The second-order valence-corrected chi connectivity index (χ2v) is 6.93. The molecular weight excluding hydrogens is 334 g/mol. The summed E-state index contributed by atoms with van der Waals surface area (Å²) in [6.45, 7) is 6.67. The van der Waals surface area contributed by atoms with E-state index in [0.29, 0.717) is 12.2 Å². The third-order valence-electron chi connectivity index (χ3n) is 4.40. The maximum atomic E-state index is 13.1. The van der Waals surface area contributed by atoms with Gasteiger partial charge in [-0.05, 0) is 50.6 Å². The Bertz CT molecular complexity index is 889. The molecule has 0 bridgehead atoms. The zero-order valence-electron chi connectivity index (χ0n) is 16.0. The molecule has 1 aromatic heterocycles. The number of anilines is 2. The van der Waals surface area contributed by atoms with Gasteiger partial charge in [0.15, 0.2) is 0 Å². The second-order valence-electron chi connectivity index (χ2n) is 6.93. The number of nitrogens with zero attached hydrogens (tertiary/aromatic N) is 2. The van der Waals surface area contributed by atoms with Crippen molar-refractivity contribution in [3.63, 3.8) is 0 Å².